The van der Waals surface area contributed by atoms with E-state index in [9.17, 15) is 9.59 Å². The van der Waals surface area contributed by atoms with Crippen molar-refractivity contribution >= 4 is 23.2 Å². The third-order valence-electron chi connectivity index (χ3n) is 2.74. The Kier molecular flexibility index (Phi) is 3.66. The van der Waals surface area contributed by atoms with Crippen LogP contribution in [0.4, 0.5) is 11.4 Å². The predicted molar refractivity (Wildman–Crippen MR) is 74.2 cm³/mol. The third-order valence-corrected chi connectivity index (χ3v) is 2.74. The Morgan fingerprint density at radius 3 is 2.32 bits per heavy atom. The molecule has 1 aromatic heterocycles. The van der Waals surface area contributed by atoms with E-state index in [1.807, 2.05) is 6.92 Å². The molecule has 98 valence electrons. The molecule has 1 heterocycles. The van der Waals surface area contributed by atoms with Crippen LogP contribution in [0.2, 0.25) is 0 Å². The molecule has 0 bridgehead atoms. The van der Waals surface area contributed by atoms with E-state index in [4.69, 9.17) is 0 Å². The van der Waals surface area contributed by atoms with Crippen molar-refractivity contribution in [1.82, 2.24) is 4.98 Å². The van der Waals surface area contributed by atoms with Gasteiger partial charge in [0.2, 0.25) is 5.91 Å². The van der Waals surface area contributed by atoms with E-state index in [2.05, 4.69) is 15.6 Å². The van der Waals surface area contributed by atoms with E-state index in [0.717, 1.165) is 5.56 Å². The molecule has 0 atom stereocenters. The van der Waals surface area contributed by atoms with Gasteiger partial charge in [-0.2, -0.15) is 0 Å². The van der Waals surface area contributed by atoms with Gasteiger partial charge in [0, 0.05) is 24.5 Å². The Balaban J connectivity index is 2.21. The number of hydrogen-bond acceptors (Lipinski definition) is 2. The molecule has 0 aliphatic rings. The number of nitrogens with one attached hydrogen (secondary N) is 3. The quantitative estimate of drug-likeness (QED) is 0.790. The summed E-state index contributed by atoms with van der Waals surface area (Å²) in [5, 5.41) is 5.53. The summed E-state index contributed by atoms with van der Waals surface area (Å²) in [6.45, 7) is 3.29. The number of carbonyl (C=O) groups is 2. The molecule has 0 radical (unpaired) electrons. The lowest BCUT2D eigenvalue weighted by atomic mass is 10.1. The fourth-order valence-electron chi connectivity index (χ4n) is 1.76. The monoisotopic (exact) mass is 257 g/mol. The fourth-order valence-corrected chi connectivity index (χ4v) is 1.76. The molecule has 0 unspecified atom stereocenters. The number of anilines is 2. The molecule has 0 spiro atoms. The first-order valence-corrected chi connectivity index (χ1v) is 5.90. The number of benzene rings is 1. The Hall–Kier alpha value is -2.56. The Labute approximate surface area is 111 Å². The molecule has 2 rings (SSSR count). The van der Waals surface area contributed by atoms with Crippen molar-refractivity contribution in [3.8, 4) is 0 Å². The summed E-state index contributed by atoms with van der Waals surface area (Å²) >= 11 is 0. The van der Waals surface area contributed by atoms with E-state index < -0.39 is 0 Å². The molecule has 0 saturated heterocycles. The maximum absolute atomic E-state index is 11.9. The van der Waals surface area contributed by atoms with Crippen LogP contribution in [0.15, 0.2) is 36.5 Å². The van der Waals surface area contributed by atoms with Crippen molar-refractivity contribution < 1.29 is 9.59 Å². The predicted octanol–water partition coefficient (Wildman–Crippen LogP) is 2.53. The molecule has 0 aliphatic heterocycles. The maximum Gasteiger partial charge on any atom is 0.272 e. The smallest absolute Gasteiger partial charge is 0.272 e. The first kappa shape index (κ1) is 12.9. The second kappa shape index (κ2) is 5.39. The van der Waals surface area contributed by atoms with Crippen molar-refractivity contribution in [3.05, 3.63) is 47.8 Å². The number of H-pyrrole nitrogens is 1. The van der Waals surface area contributed by atoms with Gasteiger partial charge in [-0.1, -0.05) is 6.07 Å². The van der Waals surface area contributed by atoms with E-state index in [0.29, 0.717) is 17.1 Å². The van der Waals surface area contributed by atoms with Crippen LogP contribution in [0, 0.1) is 6.92 Å². The number of aromatic nitrogens is 1. The van der Waals surface area contributed by atoms with E-state index in [1.54, 1.807) is 36.5 Å². The molecular weight excluding hydrogens is 242 g/mol. The zero-order valence-corrected chi connectivity index (χ0v) is 10.8. The van der Waals surface area contributed by atoms with Crippen molar-refractivity contribution in [2.24, 2.45) is 0 Å². The minimum absolute atomic E-state index is 0.143. The summed E-state index contributed by atoms with van der Waals surface area (Å²) in [5.74, 6) is -0.357. The Morgan fingerprint density at radius 2 is 1.74 bits per heavy atom. The van der Waals surface area contributed by atoms with E-state index >= 15 is 0 Å². The van der Waals surface area contributed by atoms with Crippen molar-refractivity contribution in [3.63, 3.8) is 0 Å². The average Bonchev–Trinajstić information content (AvgIpc) is 2.87. The lowest BCUT2D eigenvalue weighted by Gasteiger charge is -2.12. The van der Waals surface area contributed by atoms with Gasteiger partial charge in [-0.05, 0) is 36.8 Å². The van der Waals surface area contributed by atoms with Gasteiger partial charge in [-0.3, -0.25) is 9.59 Å². The van der Waals surface area contributed by atoms with Crippen LogP contribution in [-0.2, 0) is 4.79 Å². The summed E-state index contributed by atoms with van der Waals surface area (Å²) in [6, 6.07) is 8.82. The van der Waals surface area contributed by atoms with Crippen LogP contribution in [0.25, 0.3) is 0 Å². The molecule has 0 aliphatic carbocycles. The second-order valence-corrected chi connectivity index (χ2v) is 4.20. The molecule has 19 heavy (non-hydrogen) atoms. The van der Waals surface area contributed by atoms with Gasteiger partial charge < -0.3 is 15.6 Å². The fraction of sp³-hybridized carbons (Fsp3) is 0.143. The number of rotatable bonds is 3. The largest absolute Gasteiger partial charge is 0.357 e. The number of aromatic amines is 1. The highest BCUT2D eigenvalue weighted by atomic mass is 16.2. The van der Waals surface area contributed by atoms with Crippen LogP contribution >= 0.6 is 0 Å². The molecule has 2 aromatic rings. The lowest BCUT2D eigenvalue weighted by Crippen LogP contribution is -2.14. The standard InChI is InChI=1S/C14H15N3O2/c1-9-11(16-10(2)18)5-3-6-12(9)17-14(19)13-7-4-8-15-13/h3-8,15H,1-2H3,(H,16,18)(H,17,19). The van der Waals surface area contributed by atoms with Gasteiger partial charge in [0.05, 0.1) is 0 Å². The van der Waals surface area contributed by atoms with Crippen LogP contribution in [-0.4, -0.2) is 16.8 Å². The zero-order chi connectivity index (χ0) is 13.8. The van der Waals surface area contributed by atoms with Crippen LogP contribution in [0.5, 0.6) is 0 Å². The third kappa shape index (κ3) is 3.01. The lowest BCUT2D eigenvalue weighted by molar-refractivity contribution is -0.114. The van der Waals surface area contributed by atoms with Crippen LogP contribution < -0.4 is 10.6 Å². The minimum atomic E-state index is -0.215. The molecule has 0 saturated carbocycles. The van der Waals surface area contributed by atoms with Gasteiger partial charge in [0.15, 0.2) is 0 Å². The summed E-state index contributed by atoms with van der Waals surface area (Å²) in [4.78, 5) is 25.9. The molecule has 5 nitrogen and oxygen atoms in total. The summed E-state index contributed by atoms with van der Waals surface area (Å²) in [5.41, 5.74) is 2.67. The Bertz CT molecular complexity index is 603. The van der Waals surface area contributed by atoms with Crippen molar-refractivity contribution in [2.75, 3.05) is 10.6 Å². The number of amides is 2. The SMILES string of the molecule is CC(=O)Nc1cccc(NC(=O)c2ccc[nH]2)c1C. The highest BCUT2D eigenvalue weighted by Crippen LogP contribution is 2.23. The van der Waals surface area contributed by atoms with Gasteiger partial charge in [-0.25, -0.2) is 0 Å². The van der Waals surface area contributed by atoms with Crippen molar-refractivity contribution in [2.45, 2.75) is 13.8 Å². The average molecular weight is 257 g/mol. The van der Waals surface area contributed by atoms with E-state index in [-0.39, 0.29) is 11.8 Å². The summed E-state index contributed by atoms with van der Waals surface area (Å²) < 4.78 is 0. The molecule has 0 fully saturated rings. The first-order chi connectivity index (χ1) is 9.08. The number of hydrogen-bond donors (Lipinski definition) is 3. The van der Waals surface area contributed by atoms with E-state index in [1.165, 1.54) is 6.92 Å². The van der Waals surface area contributed by atoms with Gasteiger partial charge >= 0.3 is 0 Å². The van der Waals surface area contributed by atoms with Gasteiger partial charge in [0.1, 0.15) is 5.69 Å². The summed E-state index contributed by atoms with van der Waals surface area (Å²) in [7, 11) is 0. The molecular formula is C14H15N3O2. The maximum atomic E-state index is 11.9. The second-order valence-electron chi connectivity index (χ2n) is 4.20. The molecule has 1 aromatic carbocycles. The minimum Gasteiger partial charge on any atom is -0.357 e. The van der Waals surface area contributed by atoms with Crippen LogP contribution in [0.3, 0.4) is 0 Å². The number of carbonyl (C=O) groups excluding carboxylic acids is 2. The highest BCUT2D eigenvalue weighted by molar-refractivity contribution is 6.04. The first-order valence-electron chi connectivity index (χ1n) is 5.90. The van der Waals surface area contributed by atoms with Crippen LogP contribution in [0.1, 0.15) is 23.0 Å². The normalized spacial score (nSPS) is 10.0. The Morgan fingerprint density at radius 1 is 1.05 bits per heavy atom. The summed E-state index contributed by atoms with van der Waals surface area (Å²) in [6.07, 6.45) is 1.69. The topological polar surface area (TPSA) is 74.0 Å². The van der Waals surface area contributed by atoms with Gasteiger partial charge in [-0.15, -0.1) is 0 Å². The zero-order valence-electron chi connectivity index (χ0n) is 10.8. The molecule has 2 amide bonds. The molecule has 3 N–H and O–H groups in total. The molecule has 5 heteroatoms. The highest BCUT2D eigenvalue weighted by Gasteiger charge is 2.10. The van der Waals surface area contributed by atoms with Crippen molar-refractivity contribution in [1.29, 1.82) is 0 Å². The van der Waals surface area contributed by atoms with Gasteiger partial charge in [0.25, 0.3) is 5.91 Å².